The van der Waals surface area contributed by atoms with Gasteiger partial charge in [0.1, 0.15) is 78.5 Å². The Morgan fingerprint density at radius 3 is 1.46 bits per heavy atom. The number of para-hydroxylation sites is 2. The van der Waals surface area contributed by atoms with Gasteiger partial charge in [-0.2, -0.15) is 0 Å². The maximum Gasteiger partial charge on any atom is 0.325 e. The Hall–Kier alpha value is -12.1. The van der Waals surface area contributed by atoms with E-state index in [0.29, 0.717) is 47.7 Å². The van der Waals surface area contributed by atoms with Crippen molar-refractivity contribution < 1.29 is 82.1 Å². The number of aliphatic hydroxyl groups excluding tert-OH is 1. The summed E-state index contributed by atoms with van der Waals surface area (Å²) >= 11 is 0. The molecule has 1 aliphatic heterocycles. The predicted octanol–water partition coefficient (Wildman–Crippen LogP) is -0.995. The van der Waals surface area contributed by atoms with E-state index in [2.05, 4.69) is 84.4 Å². The van der Waals surface area contributed by atoms with Gasteiger partial charge < -0.3 is 117 Å². The van der Waals surface area contributed by atoms with Crippen molar-refractivity contribution in [2.75, 3.05) is 26.2 Å². The number of aromatic amines is 2. The number of likely N-dealkylation sites (tertiary alicyclic amines) is 1. The molecule has 38 heteroatoms. The van der Waals surface area contributed by atoms with Crippen molar-refractivity contribution in [2.24, 2.45) is 35.0 Å². The summed E-state index contributed by atoms with van der Waals surface area (Å²) in [4.78, 5) is 217. The smallest absolute Gasteiger partial charge is 0.325 e. The number of carbonyl (C=O) groups is 15. The Bertz CT molecular complexity index is 4440. The van der Waals surface area contributed by atoms with Crippen LogP contribution in [-0.4, -0.2) is 237 Å². The van der Waals surface area contributed by atoms with Gasteiger partial charge in [0.15, 0.2) is 5.96 Å². The number of nitrogens with one attached hydrogen (secondary N) is 17. The number of hydrogen-bond acceptors (Lipinski definition) is 19. The molecule has 0 aliphatic carbocycles. The van der Waals surface area contributed by atoms with Crippen molar-refractivity contribution in [3.05, 3.63) is 108 Å². The topological polar surface area (TPSA) is 602 Å². The number of amides is 14. The summed E-state index contributed by atoms with van der Waals surface area (Å²) in [7, 11) is 0. The number of aliphatic hydroxyl groups is 1. The van der Waals surface area contributed by atoms with Gasteiger partial charge in [-0.25, -0.2) is 0 Å². The number of unbranched alkanes of at least 4 members (excludes halogenated alkanes) is 1. The third-order valence-electron chi connectivity index (χ3n) is 21.1. The molecule has 14 amide bonds. The van der Waals surface area contributed by atoms with E-state index in [-0.39, 0.29) is 89.3 Å². The minimum atomic E-state index is -1.71. The fourth-order valence-corrected chi connectivity index (χ4v) is 13.9. The minimum Gasteiger partial charge on any atom is -0.480 e. The summed E-state index contributed by atoms with van der Waals surface area (Å²) in [6.07, 6.45) is 3.54. The zero-order chi connectivity index (χ0) is 90.2. The number of H-pyrrole nitrogens is 2. The van der Waals surface area contributed by atoms with Gasteiger partial charge in [-0.3, -0.25) is 77.3 Å². The van der Waals surface area contributed by atoms with E-state index in [1.807, 2.05) is 30.3 Å². The molecule has 0 radical (unpaired) electrons. The molecular weight excluding hydrogens is 1580 g/mol. The Labute approximate surface area is 709 Å². The number of fused-ring (bicyclic) bond motifs is 2. The second-order valence-corrected chi connectivity index (χ2v) is 32.1. The third kappa shape index (κ3) is 30.6. The second-order valence-electron chi connectivity index (χ2n) is 32.1. The first-order valence-corrected chi connectivity index (χ1v) is 41.6. The lowest BCUT2D eigenvalue weighted by Gasteiger charge is -2.32. The van der Waals surface area contributed by atoms with E-state index >= 15 is 0 Å². The molecule has 0 unspecified atom stereocenters. The zero-order valence-corrected chi connectivity index (χ0v) is 71.3. The van der Waals surface area contributed by atoms with Crippen LogP contribution in [0.1, 0.15) is 157 Å². The molecule has 668 valence electrons. The summed E-state index contributed by atoms with van der Waals surface area (Å²) in [5.74, 6) is -14.1. The third-order valence-corrected chi connectivity index (χ3v) is 21.1. The summed E-state index contributed by atoms with van der Waals surface area (Å²) in [6.45, 7) is 16.8. The van der Waals surface area contributed by atoms with Crippen LogP contribution in [0.2, 0.25) is 0 Å². The summed E-state index contributed by atoms with van der Waals surface area (Å²) in [5.41, 5.74) is 21.2. The maximum absolute atomic E-state index is 14.8. The normalized spacial score (nSPS) is 16.3. The lowest BCUT2D eigenvalue weighted by atomic mass is 9.97. The van der Waals surface area contributed by atoms with Gasteiger partial charge in [-0.1, -0.05) is 115 Å². The molecule has 25 N–H and O–H groups in total. The number of aromatic nitrogens is 2. The molecule has 1 aliphatic rings. The van der Waals surface area contributed by atoms with Gasteiger partial charge in [0.25, 0.3) is 0 Å². The number of benzene rings is 3. The van der Waals surface area contributed by atoms with E-state index in [4.69, 9.17) is 22.6 Å². The first kappa shape index (κ1) is 98.8. The molecule has 3 heterocycles. The molecule has 16 atom stereocenters. The molecule has 0 bridgehead atoms. The monoisotopic (exact) mass is 1700 g/mol. The number of nitrogens with zero attached hydrogens (tertiary/aromatic N) is 1. The lowest BCUT2D eigenvalue weighted by molar-refractivity contribution is -0.145. The number of nitrogens with two attached hydrogens (primary N) is 3. The molecule has 1 saturated heterocycles. The van der Waals surface area contributed by atoms with Gasteiger partial charge in [0, 0.05) is 60.1 Å². The second kappa shape index (κ2) is 48.4. The maximum atomic E-state index is 14.8. The number of hydrogen-bond donors (Lipinski definition) is 22. The van der Waals surface area contributed by atoms with Crippen LogP contribution in [0.3, 0.4) is 0 Å². The Kier molecular flexibility index (Phi) is 39.2. The van der Waals surface area contributed by atoms with Crippen molar-refractivity contribution in [1.82, 2.24) is 89.3 Å². The average molecular weight is 1700 g/mol. The number of rotatable bonds is 49. The van der Waals surface area contributed by atoms with E-state index in [1.165, 1.54) is 39.5 Å². The van der Waals surface area contributed by atoms with Crippen LogP contribution in [0, 0.1) is 23.2 Å². The van der Waals surface area contributed by atoms with Crippen molar-refractivity contribution >= 4 is 116 Å². The fraction of sp³-hybridized carbons (Fsp3) is 0.548. The number of carbonyl (C=O) groups excluding carboxylic acids is 14. The summed E-state index contributed by atoms with van der Waals surface area (Å²) in [5, 5.41) is 66.2. The van der Waals surface area contributed by atoms with Crippen LogP contribution in [-0.2, 0) is 91.2 Å². The van der Waals surface area contributed by atoms with Gasteiger partial charge in [-0.15, -0.1) is 0 Å². The standard InChI is InChI=1S/C84H125N21O17/c1-12-46(6)68(82(120)105-35-23-32-66(105)80(118)96-50(10)83(121)122)104-72(110)49(9)93-75(113)60(30-20-21-33-85)98-79(117)63(37-45(4)5)99-71(109)48(8)95-78(116)65(40-54-42-91-59-29-19-17-27-56(54)59)101-76(114)61(31-22-34-89-84(87)88)97-70(108)47(7)94-77(115)62(36-44(2)3)102-81(119)69(51(11)106)103-67(107)43-92-74(112)64(39-53-41-90-58-28-18-16-26-55(53)58)100-73(111)57(86)38-52-24-14-13-15-25-52/h13-19,24-29,41-42,44-51,57,60-66,68-69,90-91,106H,12,20-23,30-40,43,85-86H2,1-11H3,(H,92,112)(H,93,113)(H,94,115)(H,95,116)(H,96,118)(H,97,108)(H,98,117)(H,99,109)(H,100,111)(H,101,114)(H,102,119)(H,103,107)(H,104,110)(H,121,122)(H4,87,88,89)/t46-,47-,48-,49-,50-,51+,57-,60-,61-,62-,63-,64-,65-,66-,68-,69-/m0/s1. The molecule has 5 aromatic rings. The quantitative estimate of drug-likeness (QED) is 0.0126. The molecule has 1 fully saturated rings. The molecular formula is C84H125N21O17. The molecule has 2 aromatic heterocycles. The lowest BCUT2D eigenvalue weighted by Crippen LogP contribution is -2.61. The SMILES string of the molecule is CC[C@H](C)[C@H](NC(=O)[C@H](C)NC(=O)[C@H](CCCCN)NC(=O)[C@H](CC(C)C)NC(=O)[C@H](C)NC(=O)[C@H](Cc1c[nH]c2ccccc12)NC(=O)[C@H](CCCNC(=N)N)NC(=O)[C@H](C)NC(=O)[C@H](CC(C)C)NC(=O)[C@@H](NC(=O)CNC(=O)[C@H](Cc1c[nH]c2ccccc12)NC(=O)[C@@H](N)Cc1ccccc1)[C@@H](C)O)C(=O)N1CCC[C@H]1C(=O)N[C@@H](C)C(=O)O. The molecule has 38 nitrogen and oxygen atoms in total. The van der Waals surface area contributed by atoms with E-state index in [0.717, 1.165) is 16.5 Å². The van der Waals surface area contributed by atoms with Crippen molar-refractivity contribution in [3.8, 4) is 0 Å². The van der Waals surface area contributed by atoms with E-state index < -0.39 is 198 Å². The molecule has 122 heavy (non-hydrogen) atoms. The predicted molar refractivity (Wildman–Crippen MR) is 455 cm³/mol. The molecule has 0 spiro atoms. The highest BCUT2D eigenvalue weighted by molar-refractivity contribution is 6.01. The van der Waals surface area contributed by atoms with Gasteiger partial charge >= 0.3 is 5.97 Å². The number of aliphatic carboxylic acids is 1. The highest BCUT2D eigenvalue weighted by Gasteiger charge is 2.42. The average Bonchev–Trinajstić information content (AvgIpc) is 1.67. The zero-order valence-electron chi connectivity index (χ0n) is 71.3. The highest BCUT2D eigenvalue weighted by Crippen LogP contribution is 2.25. The van der Waals surface area contributed by atoms with Crippen LogP contribution in [0.15, 0.2) is 91.3 Å². The van der Waals surface area contributed by atoms with Crippen LogP contribution in [0.4, 0.5) is 0 Å². The van der Waals surface area contributed by atoms with Gasteiger partial charge in [-0.05, 0) is 152 Å². The van der Waals surface area contributed by atoms with Crippen molar-refractivity contribution in [3.63, 3.8) is 0 Å². The fourth-order valence-electron chi connectivity index (χ4n) is 13.9. The largest absolute Gasteiger partial charge is 0.480 e. The number of carboxylic acids is 1. The minimum absolute atomic E-state index is 0.0194. The van der Waals surface area contributed by atoms with Crippen LogP contribution in [0.25, 0.3) is 21.8 Å². The Morgan fingerprint density at radius 2 is 0.943 bits per heavy atom. The molecule has 6 rings (SSSR count). The van der Waals surface area contributed by atoms with Crippen molar-refractivity contribution in [1.29, 1.82) is 5.41 Å². The first-order chi connectivity index (χ1) is 57.8. The first-order valence-electron chi connectivity index (χ1n) is 41.6. The Morgan fingerprint density at radius 1 is 0.492 bits per heavy atom. The summed E-state index contributed by atoms with van der Waals surface area (Å²) in [6, 6.07) is 4.94. The van der Waals surface area contributed by atoms with Crippen LogP contribution >= 0.6 is 0 Å². The van der Waals surface area contributed by atoms with E-state index in [9.17, 15) is 82.1 Å². The number of guanidine groups is 1. The van der Waals surface area contributed by atoms with Crippen molar-refractivity contribution in [2.45, 2.75) is 250 Å². The van der Waals surface area contributed by atoms with E-state index in [1.54, 1.807) is 102 Å². The van der Waals surface area contributed by atoms with Gasteiger partial charge in [0.05, 0.1) is 18.7 Å². The van der Waals surface area contributed by atoms with Gasteiger partial charge in [0.2, 0.25) is 82.7 Å². The number of carboxylic acid groups (broad SMARTS) is 1. The van der Waals surface area contributed by atoms with Crippen LogP contribution in [0.5, 0.6) is 0 Å². The Balaban J connectivity index is 1.13. The highest BCUT2D eigenvalue weighted by atomic mass is 16.4. The van der Waals surface area contributed by atoms with Crippen LogP contribution < -0.4 is 91.6 Å². The summed E-state index contributed by atoms with van der Waals surface area (Å²) < 4.78 is 0. The molecule has 0 saturated carbocycles. The molecule has 3 aromatic carbocycles.